The van der Waals surface area contributed by atoms with Crippen LogP contribution in [0.3, 0.4) is 0 Å². The van der Waals surface area contributed by atoms with Crippen molar-refractivity contribution in [3.05, 3.63) is 46.0 Å². The zero-order valence-electron chi connectivity index (χ0n) is 9.89. The molecule has 2 N–H and O–H groups in total. The van der Waals surface area contributed by atoms with Gasteiger partial charge in [-0.15, -0.1) is 11.3 Å². The molecule has 0 amide bonds. The van der Waals surface area contributed by atoms with Crippen LogP contribution < -0.4 is 5.73 Å². The predicted molar refractivity (Wildman–Crippen MR) is 69.2 cm³/mol. The van der Waals surface area contributed by atoms with Gasteiger partial charge in [-0.05, 0) is 30.5 Å². The number of nitrogens with two attached hydrogens (primary N) is 1. The van der Waals surface area contributed by atoms with Gasteiger partial charge in [0.1, 0.15) is 17.6 Å². The number of ether oxygens (including phenoxy) is 1. The van der Waals surface area contributed by atoms with Crippen molar-refractivity contribution in [1.29, 1.82) is 0 Å². The molecule has 0 saturated carbocycles. The maximum absolute atomic E-state index is 5.75. The zero-order chi connectivity index (χ0) is 12.1. The van der Waals surface area contributed by atoms with Gasteiger partial charge in [-0.2, -0.15) is 0 Å². The minimum absolute atomic E-state index is 0.135. The van der Waals surface area contributed by atoms with Crippen molar-refractivity contribution >= 4 is 11.3 Å². The Hall–Kier alpha value is -1.10. The summed E-state index contributed by atoms with van der Waals surface area (Å²) in [6.45, 7) is 3.03. The second-order valence-corrected chi connectivity index (χ2v) is 4.91. The van der Waals surface area contributed by atoms with Crippen molar-refractivity contribution in [1.82, 2.24) is 0 Å². The Morgan fingerprint density at radius 3 is 2.88 bits per heavy atom. The minimum Gasteiger partial charge on any atom is -0.464 e. The van der Waals surface area contributed by atoms with Gasteiger partial charge in [-0.25, -0.2) is 0 Å². The summed E-state index contributed by atoms with van der Waals surface area (Å²) in [5, 5.41) is 2.08. The molecule has 0 aromatic carbocycles. The van der Waals surface area contributed by atoms with Crippen LogP contribution in [0.15, 0.2) is 34.1 Å². The lowest BCUT2D eigenvalue weighted by Gasteiger charge is -2.13. The molecule has 3 nitrogen and oxygen atoms in total. The SMILES string of the molecule is Cc1ccc(C(CN)OCCc2cccs2)o1. The van der Waals surface area contributed by atoms with Crippen LogP contribution in [0, 0.1) is 6.92 Å². The van der Waals surface area contributed by atoms with Crippen LogP contribution in [0.1, 0.15) is 22.5 Å². The van der Waals surface area contributed by atoms with Gasteiger partial charge in [0.25, 0.3) is 0 Å². The largest absolute Gasteiger partial charge is 0.464 e. The number of aryl methyl sites for hydroxylation is 1. The van der Waals surface area contributed by atoms with E-state index in [4.69, 9.17) is 14.9 Å². The van der Waals surface area contributed by atoms with E-state index in [-0.39, 0.29) is 6.10 Å². The Bertz CT molecular complexity index is 436. The zero-order valence-corrected chi connectivity index (χ0v) is 10.7. The summed E-state index contributed by atoms with van der Waals surface area (Å²) in [7, 11) is 0. The first kappa shape index (κ1) is 12.4. The molecule has 0 fully saturated rings. The molecule has 2 heterocycles. The van der Waals surface area contributed by atoms with Crippen LogP contribution in [0.2, 0.25) is 0 Å². The van der Waals surface area contributed by atoms with Crippen molar-refractivity contribution in [2.75, 3.05) is 13.2 Å². The first-order chi connectivity index (χ1) is 8.29. The molecule has 0 aliphatic heterocycles. The quantitative estimate of drug-likeness (QED) is 0.858. The molecule has 0 bridgehead atoms. The lowest BCUT2D eigenvalue weighted by atomic mass is 10.2. The third-order valence-corrected chi connectivity index (χ3v) is 3.48. The van der Waals surface area contributed by atoms with Crippen molar-refractivity contribution in [2.45, 2.75) is 19.4 Å². The topological polar surface area (TPSA) is 48.4 Å². The number of thiophene rings is 1. The highest BCUT2D eigenvalue weighted by atomic mass is 32.1. The van der Waals surface area contributed by atoms with E-state index in [0.29, 0.717) is 13.2 Å². The summed E-state index contributed by atoms with van der Waals surface area (Å²) in [4.78, 5) is 1.33. The number of rotatable bonds is 6. The number of furan rings is 1. The van der Waals surface area contributed by atoms with Crippen molar-refractivity contribution in [3.8, 4) is 0 Å². The molecular weight excluding hydrogens is 234 g/mol. The lowest BCUT2D eigenvalue weighted by Crippen LogP contribution is -2.16. The molecule has 2 aromatic heterocycles. The summed E-state index contributed by atoms with van der Waals surface area (Å²) >= 11 is 1.75. The fraction of sp³-hybridized carbons (Fsp3) is 0.385. The van der Waals surface area contributed by atoms with Crippen molar-refractivity contribution < 1.29 is 9.15 Å². The molecule has 17 heavy (non-hydrogen) atoms. The van der Waals surface area contributed by atoms with Crippen LogP contribution in [0.25, 0.3) is 0 Å². The maximum atomic E-state index is 5.75. The van der Waals surface area contributed by atoms with Gasteiger partial charge in [0, 0.05) is 17.8 Å². The normalized spacial score (nSPS) is 12.8. The van der Waals surface area contributed by atoms with Gasteiger partial charge in [-0.1, -0.05) is 6.07 Å². The molecule has 0 spiro atoms. The summed E-state index contributed by atoms with van der Waals surface area (Å²) in [6.07, 6.45) is 0.789. The molecule has 0 aliphatic rings. The predicted octanol–water partition coefficient (Wildman–Crippen LogP) is 2.91. The first-order valence-corrected chi connectivity index (χ1v) is 6.58. The molecular formula is C13H17NO2S. The van der Waals surface area contributed by atoms with E-state index in [1.54, 1.807) is 11.3 Å². The van der Waals surface area contributed by atoms with E-state index < -0.39 is 0 Å². The smallest absolute Gasteiger partial charge is 0.134 e. The van der Waals surface area contributed by atoms with Crippen molar-refractivity contribution in [3.63, 3.8) is 0 Å². The van der Waals surface area contributed by atoms with Crippen LogP contribution in [-0.2, 0) is 11.2 Å². The third-order valence-electron chi connectivity index (χ3n) is 2.54. The summed E-state index contributed by atoms with van der Waals surface area (Å²) in [5.41, 5.74) is 5.69. The average Bonchev–Trinajstić information content (AvgIpc) is 2.96. The van der Waals surface area contributed by atoms with Crippen LogP contribution in [0.5, 0.6) is 0 Å². The highest BCUT2D eigenvalue weighted by Gasteiger charge is 2.13. The molecule has 92 valence electrons. The molecule has 2 aromatic rings. The maximum Gasteiger partial charge on any atom is 0.134 e. The molecule has 0 saturated heterocycles. The fourth-order valence-corrected chi connectivity index (χ4v) is 2.34. The van der Waals surface area contributed by atoms with E-state index >= 15 is 0 Å². The minimum atomic E-state index is -0.135. The monoisotopic (exact) mass is 251 g/mol. The molecule has 4 heteroatoms. The molecule has 1 atom stereocenters. The average molecular weight is 251 g/mol. The number of hydrogen-bond acceptors (Lipinski definition) is 4. The Kier molecular flexibility index (Phi) is 4.36. The summed E-state index contributed by atoms with van der Waals surface area (Å²) in [6, 6.07) is 8.03. The standard InChI is InChI=1S/C13H17NO2S/c1-10-4-5-12(16-10)13(9-14)15-7-6-11-3-2-8-17-11/h2-5,8,13H,6-7,9,14H2,1H3. The van der Waals surface area contributed by atoms with E-state index in [0.717, 1.165) is 17.9 Å². The van der Waals surface area contributed by atoms with Gasteiger partial charge < -0.3 is 14.9 Å². The highest BCUT2D eigenvalue weighted by Crippen LogP contribution is 2.19. The van der Waals surface area contributed by atoms with E-state index in [1.807, 2.05) is 19.1 Å². The second kappa shape index (κ2) is 6.00. The van der Waals surface area contributed by atoms with Crippen LogP contribution in [-0.4, -0.2) is 13.2 Å². The highest BCUT2D eigenvalue weighted by molar-refractivity contribution is 7.09. The molecule has 0 radical (unpaired) electrons. The molecule has 0 aliphatic carbocycles. The van der Waals surface area contributed by atoms with Crippen LogP contribution in [0.4, 0.5) is 0 Å². The van der Waals surface area contributed by atoms with E-state index in [2.05, 4.69) is 17.5 Å². The Balaban J connectivity index is 1.84. The van der Waals surface area contributed by atoms with Crippen LogP contribution >= 0.6 is 11.3 Å². The van der Waals surface area contributed by atoms with Gasteiger partial charge in [0.15, 0.2) is 0 Å². The van der Waals surface area contributed by atoms with E-state index in [9.17, 15) is 0 Å². The van der Waals surface area contributed by atoms with Gasteiger partial charge in [0.05, 0.1) is 6.61 Å². The summed E-state index contributed by atoms with van der Waals surface area (Å²) in [5.74, 6) is 1.71. The Labute approximate surface area is 105 Å². The second-order valence-electron chi connectivity index (χ2n) is 3.87. The van der Waals surface area contributed by atoms with Gasteiger partial charge in [0.2, 0.25) is 0 Å². The Morgan fingerprint density at radius 1 is 1.41 bits per heavy atom. The lowest BCUT2D eigenvalue weighted by molar-refractivity contribution is 0.0456. The van der Waals surface area contributed by atoms with Crippen molar-refractivity contribution in [2.24, 2.45) is 5.73 Å². The molecule has 2 rings (SSSR count). The molecule has 1 unspecified atom stereocenters. The van der Waals surface area contributed by atoms with Gasteiger partial charge >= 0.3 is 0 Å². The van der Waals surface area contributed by atoms with Gasteiger partial charge in [-0.3, -0.25) is 0 Å². The Morgan fingerprint density at radius 2 is 2.29 bits per heavy atom. The summed E-state index contributed by atoms with van der Waals surface area (Å²) < 4.78 is 11.3. The third kappa shape index (κ3) is 3.43. The fourth-order valence-electron chi connectivity index (χ4n) is 1.65. The van der Waals surface area contributed by atoms with E-state index in [1.165, 1.54) is 4.88 Å². The first-order valence-electron chi connectivity index (χ1n) is 5.70. The number of hydrogen-bond donors (Lipinski definition) is 1.